The largest absolute Gasteiger partial charge is 0.493 e. The maximum absolute atomic E-state index is 11.2. The molecule has 0 bridgehead atoms. The van der Waals surface area contributed by atoms with Gasteiger partial charge in [0.25, 0.3) is 0 Å². The van der Waals surface area contributed by atoms with Crippen molar-refractivity contribution in [3.63, 3.8) is 0 Å². The van der Waals surface area contributed by atoms with Crippen LogP contribution in [-0.4, -0.2) is 33.3 Å². The second kappa shape index (κ2) is 9.47. The molecule has 0 atom stereocenters. The molecule has 0 spiro atoms. The highest BCUT2D eigenvalue weighted by Crippen LogP contribution is 2.37. The summed E-state index contributed by atoms with van der Waals surface area (Å²) in [4.78, 5) is 11.2. The van der Waals surface area contributed by atoms with Gasteiger partial charge in [0.2, 0.25) is 0 Å². The van der Waals surface area contributed by atoms with Crippen molar-refractivity contribution in [1.82, 2.24) is 5.32 Å². The van der Waals surface area contributed by atoms with Crippen molar-refractivity contribution < 1.29 is 19.0 Å². The van der Waals surface area contributed by atoms with Crippen molar-refractivity contribution in [2.24, 2.45) is 0 Å². The Kier molecular flexibility index (Phi) is 7.93. The summed E-state index contributed by atoms with van der Waals surface area (Å²) in [5.74, 6) is 0.974. The van der Waals surface area contributed by atoms with E-state index in [0.717, 1.165) is 12.0 Å². The summed E-state index contributed by atoms with van der Waals surface area (Å²) in [5, 5.41) is 3.78. The topological polar surface area (TPSA) is 56.8 Å². The van der Waals surface area contributed by atoms with E-state index in [-0.39, 0.29) is 5.97 Å². The van der Waals surface area contributed by atoms with Crippen LogP contribution in [-0.2, 0) is 16.1 Å². The third kappa shape index (κ3) is 5.44. The van der Waals surface area contributed by atoms with Crippen LogP contribution in [0.3, 0.4) is 0 Å². The highest BCUT2D eigenvalue weighted by Gasteiger charge is 2.12. The van der Waals surface area contributed by atoms with Crippen LogP contribution in [0.2, 0.25) is 5.02 Å². The van der Waals surface area contributed by atoms with Crippen molar-refractivity contribution in [3.8, 4) is 11.5 Å². The zero-order valence-corrected chi connectivity index (χ0v) is 13.5. The number of hydrogen-bond donors (Lipinski definition) is 1. The van der Waals surface area contributed by atoms with Crippen LogP contribution in [0.25, 0.3) is 0 Å². The molecule has 0 aliphatic rings. The molecule has 0 saturated heterocycles. The van der Waals surface area contributed by atoms with Gasteiger partial charge in [-0.05, 0) is 31.5 Å². The lowest BCUT2D eigenvalue weighted by Crippen LogP contribution is -2.16. The highest BCUT2D eigenvalue weighted by atomic mass is 35.5. The third-order valence-electron chi connectivity index (χ3n) is 2.92. The molecule has 1 N–H and O–H groups in total. The molecule has 6 heteroatoms. The first-order chi connectivity index (χ1) is 10.1. The molecule has 0 amide bonds. The van der Waals surface area contributed by atoms with Crippen LogP contribution in [0.15, 0.2) is 12.1 Å². The van der Waals surface area contributed by atoms with E-state index in [1.165, 1.54) is 0 Å². The highest BCUT2D eigenvalue weighted by molar-refractivity contribution is 6.33. The number of carbonyl (C=O) groups is 1. The van der Waals surface area contributed by atoms with E-state index in [1.54, 1.807) is 21.1 Å². The molecule has 1 aromatic carbocycles. The second-order valence-corrected chi connectivity index (χ2v) is 4.74. The molecule has 0 fully saturated rings. The molecular formula is C15H22ClNO4. The Morgan fingerprint density at radius 1 is 1.29 bits per heavy atom. The molecule has 0 aliphatic heterocycles. The van der Waals surface area contributed by atoms with Gasteiger partial charge in [-0.15, -0.1) is 0 Å². The zero-order valence-electron chi connectivity index (χ0n) is 12.7. The molecule has 0 radical (unpaired) electrons. The monoisotopic (exact) mass is 315 g/mol. The minimum Gasteiger partial charge on any atom is -0.493 e. The van der Waals surface area contributed by atoms with Crippen LogP contribution >= 0.6 is 11.6 Å². The van der Waals surface area contributed by atoms with E-state index < -0.39 is 0 Å². The molecule has 0 heterocycles. The molecule has 0 aromatic heterocycles. The van der Waals surface area contributed by atoms with Gasteiger partial charge in [-0.2, -0.15) is 0 Å². The number of ether oxygens (including phenoxy) is 3. The standard InChI is InChI=1S/C15H22ClNO4/c1-4-21-13(18)6-5-9-17-10-11-7-8-12(19-2)15(20-3)14(11)16/h7-8,17H,4-6,9-10H2,1-3H3. The summed E-state index contributed by atoms with van der Waals surface area (Å²) in [6.45, 7) is 3.54. The maximum Gasteiger partial charge on any atom is 0.305 e. The van der Waals surface area contributed by atoms with Crippen molar-refractivity contribution in [3.05, 3.63) is 22.7 Å². The van der Waals surface area contributed by atoms with E-state index in [2.05, 4.69) is 5.32 Å². The van der Waals surface area contributed by atoms with E-state index in [4.69, 9.17) is 25.8 Å². The molecular weight excluding hydrogens is 294 g/mol. The molecule has 5 nitrogen and oxygen atoms in total. The summed E-state index contributed by atoms with van der Waals surface area (Å²) in [6, 6.07) is 3.71. The first-order valence-corrected chi connectivity index (χ1v) is 7.27. The Morgan fingerprint density at radius 2 is 2.05 bits per heavy atom. The first-order valence-electron chi connectivity index (χ1n) is 6.89. The number of hydrogen-bond acceptors (Lipinski definition) is 5. The number of methoxy groups -OCH3 is 2. The Balaban J connectivity index is 2.44. The van der Waals surface area contributed by atoms with Gasteiger partial charge in [0.05, 0.1) is 25.8 Å². The van der Waals surface area contributed by atoms with E-state index in [1.807, 2.05) is 12.1 Å². The van der Waals surface area contributed by atoms with Crippen molar-refractivity contribution >= 4 is 17.6 Å². The van der Waals surface area contributed by atoms with Gasteiger partial charge < -0.3 is 19.5 Å². The predicted octanol–water partition coefficient (Wildman–Crippen LogP) is 2.79. The number of halogens is 1. The number of rotatable bonds is 9. The lowest BCUT2D eigenvalue weighted by atomic mass is 10.2. The summed E-state index contributed by atoms with van der Waals surface area (Å²) in [7, 11) is 3.13. The number of benzene rings is 1. The second-order valence-electron chi connectivity index (χ2n) is 4.36. The van der Waals surface area contributed by atoms with Gasteiger partial charge in [-0.1, -0.05) is 17.7 Å². The summed E-state index contributed by atoms with van der Waals surface area (Å²) in [5.41, 5.74) is 0.922. The van der Waals surface area contributed by atoms with Gasteiger partial charge in [-0.25, -0.2) is 0 Å². The van der Waals surface area contributed by atoms with Crippen molar-refractivity contribution in [1.29, 1.82) is 0 Å². The fourth-order valence-corrected chi connectivity index (χ4v) is 2.18. The summed E-state index contributed by atoms with van der Waals surface area (Å²) in [6.07, 6.45) is 1.14. The van der Waals surface area contributed by atoms with Gasteiger partial charge in [0, 0.05) is 13.0 Å². The Hall–Kier alpha value is -1.46. The SMILES string of the molecule is CCOC(=O)CCCNCc1ccc(OC)c(OC)c1Cl. The molecule has 0 aliphatic carbocycles. The Morgan fingerprint density at radius 3 is 2.67 bits per heavy atom. The Bertz CT molecular complexity index is 465. The average Bonchev–Trinajstić information content (AvgIpc) is 2.48. The van der Waals surface area contributed by atoms with Crippen LogP contribution < -0.4 is 14.8 Å². The van der Waals surface area contributed by atoms with Gasteiger partial charge in [0.1, 0.15) is 0 Å². The third-order valence-corrected chi connectivity index (χ3v) is 3.33. The van der Waals surface area contributed by atoms with Crippen LogP contribution in [0, 0.1) is 0 Å². The number of esters is 1. The van der Waals surface area contributed by atoms with Gasteiger partial charge in [-0.3, -0.25) is 4.79 Å². The fourth-order valence-electron chi connectivity index (χ4n) is 1.88. The molecule has 1 rings (SSSR count). The molecule has 0 saturated carbocycles. The number of nitrogens with one attached hydrogen (secondary N) is 1. The lowest BCUT2D eigenvalue weighted by Gasteiger charge is -2.13. The minimum atomic E-state index is -0.163. The average molecular weight is 316 g/mol. The Labute approximate surface area is 130 Å². The normalized spacial score (nSPS) is 10.3. The zero-order chi connectivity index (χ0) is 15.7. The molecule has 0 unspecified atom stereocenters. The smallest absolute Gasteiger partial charge is 0.305 e. The van der Waals surface area contributed by atoms with E-state index >= 15 is 0 Å². The van der Waals surface area contributed by atoms with Crippen molar-refractivity contribution in [2.45, 2.75) is 26.3 Å². The van der Waals surface area contributed by atoms with Crippen LogP contribution in [0.1, 0.15) is 25.3 Å². The predicted molar refractivity (Wildman–Crippen MR) is 82.1 cm³/mol. The van der Waals surface area contributed by atoms with E-state index in [0.29, 0.717) is 42.6 Å². The molecule has 118 valence electrons. The first kappa shape index (κ1) is 17.6. The molecule has 1 aromatic rings. The van der Waals surface area contributed by atoms with Crippen LogP contribution in [0.4, 0.5) is 0 Å². The van der Waals surface area contributed by atoms with Crippen molar-refractivity contribution in [2.75, 3.05) is 27.4 Å². The van der Waals surface area contributed by atoms with Gasteiger partial charge >= 0.3 is 5.97 Å². The van der Waals surface area contributed by atoms with Crippen LogP contribution in [0.5, 0.6) is 11.5 Å². The fraction of sp³-hybridized carbons (Fsp3) is 0.533. The lowest BCUT2D eigenvalue weighted by molar-refractivity contribution is -0.143. The maximum atomic E-state index is 11.2. The van der Waals surface area contributed by atoms with E-state index in [9.17, 15) is 4.79 Å². The summed E-state index contributed by atoms with van der Waals surface area (Å²) >= 11 is 6.28. The molecule has 21 heavy (non-hydrogen) atoms. The van der Waals surface area contributed by atoms with Gasteiger partial charge in [0.15, 0.2) is 11.5 Å². The summed E-state index contributed by atoms with van der Waals surface area (Å²) < 4.78 is 15.3. The number of carbonyl (C=O) groups excluding carboxylic acids is 1. The quantitative estimate of drug-likeness (QED) is 0.561. The minimum absolute atomic E-state index is 0.163.